The molecule has 0 bridgehead atoms. The standard InChI is InChI=1S/C72H148Si16/c1-50-51(2)53(4)54(52(50)3)88(70-64(82(32,33)34)58(76(14,15)16)55(73(5,6)7)59(77(17,18)19)65(70)83(35,36)37,71-66(84(38,39)40)60(78(20,21)22)56(74(8,9)10)61(79(23,24)25)67(71)85(41,42)43)72-68(86(44,45)46)62(80(26,27)28)57(75(11,12)13)63(81(29,30)31)69(72)87(47,48)49/h52H,1-49H3. The third-order valence-corrected chi connectivity index (χ3v) is 59.8. The Labute approximate surface area is 567 Å². The van der Waals surface area contributed by atoms with Crippen LogP contribution in [0.4, 0.5) is 0 Å². The van der Waals surface area contributed by atoms with Crippen LogP contribution in [-0.2, 0) is 0 Å². The predicted octanol–water partition coefficient (Wildman–Crippen LogP) is 13.2. The topological polar surface area (TPSA) is 0 Å². The zero-order chi connectivity index (χ0) is 70.3. The summed E-state index contributed by atoms with van der Waals surface area (Å²) in [7, 11) is -37.6. The SMILES string of the molecule is CC1=C(C)C(C)C([Si](c2c([Si](C)(C)C)c([Si](C)(C)C)c([Si](C)(C)C)c([Si](C)(C)C)c2[Si](C)(C)C)(c2c([Si](C)(C)C)c([Si](C)(C)C)c([Si](C)(C)C)c([Si](C)(C)C)c2[Si](C)(C)C)c2c([Si](C)(C)C)c([Si](C)(C)C)c([Si](C)(C)C)c([Si](C)(C)C)c2[Si](C)(C)C)=C1C. The van der Waals surface area contributed by atoms with Gasteiger partial charge < -0.3 is 0 Å². The van der Waals surface area contributed by atoms with Crippen molar-refractivity contribution in [1.82, 2.24) is 0 Å². The third-order valence-electron chi connectivity index (χ3n) is 19.9. The maximum Gasteiger partial charge on any atom is 0.175 e. The molecule has 1 unspecified atom stereocenters. The van der Waals surface area contributed by atoms with Crippen molar-refractivity contribution in [3.05, 3.63) is 21.9 Å². The van der Waals surface area contributed by atoms with Crippen molar-refractivity contribution in [1.29, 1.82) is 0 Å². The summed E-state index contributed by atoms with van der Waals surface area (Å²) in [5.41, 5.74) is 5.04. The summed E-state index contributed by atoms with van der Waals surface area (Å²) < 4.78 is 0. The van der Waals surface area contributed by atoms with E-state index in [1.807, 2.05) is 83.0 Å². The second-order valence-corrected chi connectivity index (χ2v) is 123. The molecule has 1 aliphatic rings. The van der Waals surface area contributed by atoms with Gasteiger partial charge in [-0.1, -0.05) is 396 Å². The zero-order valence-electron chi connectivity index (χ0n) is 68.6. The van der Waals surface area contributed by atoms with Crippen molar-refractivity contribution in [3.63, 3.8) is 0 Å². The van der Waals surface area contributed by atoms with E-state index in [0.717, 1.165) is 0 Å². The Balaban J connectivity index is 3.62. The van der Waals surface area contributed by atoms with Gasteiger partial charge >= 0.3 is 0 Å². The van der Waals surface area contributed by atoms with E-state index in [9.17, 15) is 0 Å². The van der Waals surface area contributed by atoms with Crippen molar-refractivity contribution in [2.75, 3.05) is 0 Å². The minimum Gasteiger partial charge on any atom is -0.0656 e. The summed E-state index contributed by atoms with van der Waals surface area (Å²) in [4.78, 5) is 0. The summed E-state index contributed by atoms with van der Waals surface area (Å²) >= 11 is 0. The van der Waals surface area contributed by atoms with Gasteiger partial charge in [0.25, 0.3) is 0 Å². The molecule has 0 nitrogen and oxygen atoms in total. The lowest BCUT2D eigenvalue weighted by molar-refractivity contribution is 0.852. The quantitative estimate of drug-likeness (QED) is 0.0829. The smallest absolute Gasteiger partial charge is 0.0656 e. The normalized spacial score (nSPS) is 16.9. The van der Waals surface area contributed by atoms with Gasteiger partial charge in [0.15, 0.2) is 8.07 Å². The van der Waals surface area contributed by atoms with Crippen LogP contribution in [0.25, 0.3) is 0 Å². The minimum atomic E-state index is -3.81. The van der Waals surface area contributed by atoms with Crippen LogP contribution in [-0.4, -0.2) is 129 Å². The molecule has 0 N–H and O–H groups in total. The molecule has 0 spiro atoms. The Kier molecular flexibility index (Phi) is 22.1. The van der Waals surface area contributed by atoms with Crippen LogP contribution >= 0.6 is 0 Å². The largest absolute Gasteiger partial charge is 0.175 e. The molecule has 1 aliphatic carbocycles. The first-order chi connectivity index (χ1) is 38.0. The monoisotopic (exact) mass is 1460 g/mol. The van der Waals surface area contributed by atoms with Crippen molar-refractivity contribution in [3.8, 4) is 0 Å². The fourth-order valence-corrected chi connectivity index (χ4v) is 89.2. The molecular formula is C72H148Si16. The van der Waals surface area contributed by atoms with Gasteiger partial charge in [-0.25, -0.2) is 0 Å². The second-order valence-electron chi connectivity index (χ2n) is 44.3. The number of hydrogen-bond donors (Lipinski definition) is 0. The zero-order valence-corrected chi connectivity index (χ0v) is 84.6. The average Bonchev–Trinajstić information content (AvgIpc) is 0.861. The van der Waals surface area contributed by atoms with Gasteiger partial charge in [-0.3, -0.25) is 0 Å². The lowest BCUT2D eigenvalue weighted by Gasteiger charge is -2.56. The van der Waals surface area contributed by atoms with E-state index in [-0.39, 0.29) is 0 Å². The van der Waals surface area contributed by atoms with Crippen LogP contribution in [0, 0.1) is 5.92 Å². The van der Waals surface area contributed by atoms with E-state index < -0.39 is 129 Å². The van der Waals surface area contributed by atoms with Crippen molar-refractivity contribution < 1.29 is 0 Å². The van der Waals surface area contributed by atoms with E-state index in [0.29, 0.717) is 5.92 Å². The van der Waals surface area contributed by atoms with Crippen LogP contribution in [0.5, 0.6) is 0 Å². The molecule has 0 aliphatic heterocycles. The van der Waals surface area contributed by atoms with Crippen molar-refractivity contribution in [2.24, 2.45) is 5.92 Å². The molecule has 16 heteroatoms. The first kappa shape index (κ1) is 81.0. The van der Waals surface area contributed by atoms with Gasteiger partial charge in [0.2, 0.25) is 0 Å². The Morgan fingerprint density at radius 1 is 0.159 bits per heavy atom. The van der Waals surface area contributed by atoms with Crippen LogP contribution in [0.15, 0.2) is 21.9 Å². The van der Waals surface area contributed by atoms with E-state index in [1.165, 1.54) is 0 Å². The van der Waals surface area contributed by atoms with Gasteiger partial charge in [0, 0.05) is 0 Å². The van der Waals surface area contributed by atoms with Gasteiger partial charge in [-0.2, -0.15) is 0 Å². The number of hydrogen-bond acceptors (Lipinski definition) is 0. The van der Waals surface area contributed by atoms with E-state index in [1.54, 1.807) is 16.7 Å². The number of rotatable bonds is 19. The Bertz CT molecular complexity index is 2830. The van der Waals surface area contributed by atoms with Crippen LogP contribution in [0.2, 0.25) is 295 Å². The Morgan fingerprint density at radius 3 is 0.341 bits per heavy atom. The first-order valence-electron chi connectivity index (χ1n) is 35.2. The Morgan fingerprint density at radius 2 is 0.261 bits per heavy atom. The molecule has 500 valence electrons. The molecular weight excluding hydrogens is 1310 g/mol. The lowest BCUT2D eigenvalue weighted by atomic mass is 10.1. The average molecular weight is 1460 g/mol. The molecule has 88 heavy (non-hydrogen) atoms. The minimum absolute atomic E-state index is 0.329. The second kappa shape index (κ2) is 24.0. The van der Waals surface area contributed by atoms with Crippen LogP contribution in [0.3, 0.4) is 0 Å². The number of benzene rings is 3. The fourth-order valence-electron chi connectivity index (χ4n) is 17.4. The summed E-state index contributed by atoms with van der Waals surface area (Å²) in [6.07, 6.45) is 0. The number of allylic oxidation sites excluding steroid dienone is 4. The molecule has 0 heterocycles. The molecule has 0 saturated carbocycles. The highest BCUT2D eigenvalue weighted by molar-refractivity contribution is 7.32. The highest BCUT2D eigenvalue weighted by Gasteiger charge is 2.63. The molecule has 4 rings (SSSR count). The highest BCUT2D eigenvalue weighted by Crippen LogP contribution is 2.42. The third kappa shape index (κ3) is 14.9. The van der Waals surface area contributed by atoms with Gasteiger partial charge in [0.05, 0.1) is 121 Å². The van der Waals surface area contributed by atoms with E-state index >= 15 is 0 Å². The van der Waals surface area contributed by atoms with Gasteiger partial charge in [-0.05, 0) is 47.8 Å². The molecule has 3 aromatic rings. The summed E-state index contributed by atoms with van der Waals surface area (Å²) in [6, 6.07) is 0. The van der Waals surface area contributed by atoms with Crippen LogP contribution < -0.4 is 93.4 Å². The molecule has 0 saturated heterocycles. The van der Waals surface area contributed by atoms with E-state index in [4.69, 9.17) is 0 Å². The van der Waals surface area contributed by atoms with Gasteiger partial charge in [0.1, 0.15) is 0 Å². The highest BCUT2D eigenvalue weighted by atomic mass is 28.4. The van der Waals surface area contributed by atoms with E-state index in [2.05, 4.69) is 338 Å². The summed E-state index contributed by atoms with van der Waals surface area (Å²) in [5, 5.41) is 38.5. The van der Waals surface area contributed by atoms with Crippen molar-refractivity contribution >= 4 is 223 Å². The molecule has 0 fully saturated rings. The van der Waals surface area contributed by atoms with Crippen LogP contribution in [0.1, 0.15) is 27.7 Å². The van der Waals surface area contributed by atoms with Crippen molar-refractivity contribution in [2.45, 2.75) is 322 Å². The van der Waals surface area contributed by atoms with Gasteiger partial charge in [-0.15, -0.1) is 0 Å². The Hall–Kier alpha value is 0.610. The molecule has 0 amide bonds. The summed E-state index contributed by atoms with van der Waals surface area (Å²) in [6.45, 7) is 141. The molecule has 0 radical (unpaired) electrons. The maximum absolute atomic E-state index is 3.81. The lowest BCUT2D eigenvalue weighted by Crippen LogP contribution is -2.98. The predicted molar refractivity (Wildman–Crippen MR) is 469 cm³/mol. The first-order valence-corrected chi connectivity index (χ1v) is 89.7. The molecule has 0 aromatic heterocycles. The molecule has 1 atom stereocenters. The maximum atomic E-state index is 2.93. The fraction of sp³-hybridized carbons (Fsp3) is 0.694. The molecule has 3 aromatic carbocycles. The summed E-state index contributed by atoms with van der Waals surface area (Å²) in [5.74, 6) is 0.329.